The first-order valence-corrected chi connectivity index (χ1v) is 7.66. The second-order valence-electron chi connectivity index (χ2n) is 4.07. The van der Waals surface area contributed by atoms with E-state index < -0.39 is 0 Å². The minimum Gasteiger partial charge on any atom is -0.391 e. The van der Waals surface area contributed by atoms with Crippen LogP contribution in [0.15, 0.2) is 0 Å². The van der Waals surface area contributed by atoms with Gasteiger partial charge >= 0.3 is 0 Å². The Morgan fingerprint density at radius 1 is 1.59 bits per heavy atom. The topological polar surface area (TPSA) is 45.6 Å². The quantitative estimate of drug-likeness (QED) is 0.906. The summed E-state index contributed by atoms with van der Waals surface area (Å²) < 4.78 is 5.11. The van der Waals surface area contributed by atoms with E-state index in [1.165, 1.54) is 0 Å². The van der Waals surface area contributed by atoms with Crippen molar-refractivity contribution in [3.8, 4) is 0 Å². The number of thiazole rings is 1. The number of methoxy groups -OCH3 is 1. The summed E-state index contributed by atoms with van der Waals surface area (Å²) in [4.78, 5) is 7.85. The fourth-order valence-corrected chi connectivity index (χ4v) is 3.94. The van der Waals surface area contributed by atoms with Crippen LogP contribution < -0.4 is 4.90 Å². The molecule has 96 valence electrons. The lowest BCUT2D eigenvalue weighted by molar-refractivity contribution is 0.179. The van der Waals surface area contributed by atoms with Crippen molar-refractivity contribution in [1.29, 1.82) is 0 Å². The van der Waals surface area contributed by atoms with Gasteiger partial charge < -0.3 is 14.7 Å². The molecule has 1 unspecified atom stereocenters. The molecule has 2 heterocycles. The Kier molecular flexibility index (Phi) is 4.67. The highest BCUT2D eigenvalue weighted by atomic mass is 32.2. The molecule has 0 aromatic carbocycles. The van der Waals surface area contributed by atoms with Gasteiger partial charge in [-0.1, -0.05) is 11.3 Å². The van der Waals surface area contributed by atoms with Gasteiger partial charge in [0.05, 0.1) is 23.8 Å². The average Bonchev–Trinajstić information content (AvgIpc) is 2.73. The zero-order valence-electron chi connectivity index (χ0n) is 10.2. The summed E-state index contributed by atoms with van der Waals surface area (Å²) in [7, 11) is 1.65. The van der Waals surface area contributed by atoms with Crippen molar-refractivity contribution < 1.29 is 9.84 Å². The molecule has 0 amide bonds. The van der Waals surface area contributed by atoms with Crippen LogP contribution >= 0.6 is 23.1 Å². The summed E-state index contributed by atoms with van der Waals surface area (Å²) in [6.45, 7) is 3.79. The first-order chi connectivity index (χ1) is 8.26. The summed E-state index contributed by atoms with van der Waals surface area (Å²) >= 11 is 3.57. The lowest BCUT2D eigenvalue weighted by atomic mass is 10.3. The van der Waals surface area contributed by atoms with Crippen LogP contribution in [0.5, 0.6) is 0 Å². The van der Waals surface area contributed by atoms with Crippen LogP contribution in [0.25, 0.3) is 0 Å². The number of nitrogens with zero attached hydrogens (tertiary/aromatic N) is 2. The van der Waals surface area contributed by atoms with Crippen LogP contribution in [0.2, 0.25) is 0 Å². The van der Waals surface area contributed by atoms with Gasteiger partial charge in [0.25, 0.3) is 0 Å². The van der Waals surface area contributed by atoms with Crippen molar-refractivity contribution in [3.05, 3.63) is 10.6 Å². The fraction of sp³-hybridized carbons (Fsp3) is 0.727. The fourth-order valence-electron chi connectivity index (χ4n) is 1.88. The van der Waals surface area contributed by atoms with E-state index in [0.29, 0.717) is 12.6 Å². The van der Waals surface area contributed by atoms with Crippen molar-refractivity contribution in [2.45, 2.75) is 26.2 Å². The summed E-state index contributed by atoms with van der Waals surface area (Å²) in [6, 6.07) is 0.516. The van der Waals surface area contributed by atoms with E-state index in [2.05, 4.69) is 16.8 Å². The second kappa shape index (κ2) is 6.04. The van der Waals surface area contributed by atoms with Crippen molar-refractivity contribution >= 4 is 28.2 Å². The smallest absolute Gasteiger partial charge is 0.186 e. The molecule has 0 aliphatic carbocycles. The molecule has 1 aliphatic heterocycles. The third-order valence-corrected chi connectivity index (χ3v) is 5.11. The van der Waals surface area contributed by atoms with Crippen LogP contribution in [0.4, 0.5) is 5.13 Å². The zero-order chi connectivity index (χ0) is 12.3. The first-order valence-electron chi connectivity index (χ1n) is 5.69. The van der Waals surface area contributed by atoms with Gasteiger partial charge in [-0.3, -0.25) is 0 Å². The number of hydrogen-bond donors (Lipinski definition) is 1. The Labute approximate surface area is 110 Å². The van der Waals surface area contributed by atoms with Gasteiger partial charge in [-0.15, -0.1) is 0 Å². The number of rotatable bonds is 4. The summed E-state index contributed by atoms with van der Waals surface area (Å²) in [6.07, 6.45) is 0. The van der Waals surface area contributed by atoms with Crippen LogP contribution in [-0.4, -0.2) is 41.3 Å². The number of aliphatic hydroxyl groups is 1. The van der Waals surface area contributed by atoms with E-state index in [9.17, 15) is 5.11 Å². The molecule has 4 nitrogen and oxygen atoms in total. The predicted octanol–water partition coefficient (Wildman–Crippen LogP) is 1.72. The zero-order valence-corrected chi connectivity index (χ0v) is 11.8. The third-order valence-electron chi connectivity index (χ3n) is 2.80. The number of thioether (sulfide) groups is 1. The van der Waals surface area contributed by atoms with Gasteiger partial charge in [0.1, 0.15) is 0 Å². The molecular formula is C11H18N2O2S2. The van der Waals surface area contributed by atoms with Crippen LogP contribution in [0, 0.1) is 0 Å². The van der Waals surface area contributed by atoms with E-state index in [1.54, 1.807) is 18.4 Å². The molecular weight excluding hydrogens is 256 g/mol. The number of aliphatic hydroxyl groups excluding tert-OH is 1. The Morgan fingerprint density at radius 3 is 3.06 bits per heavy atom. The molecule has 1 aromatic rings. The van der Waals surface area contributed by atoms with Crippen LogP contribution in [0.1, 0.15) is 17.5 Å². The molecule has 0 bridgehead atoms. The largest absolute Gasteiger partial charge is 0.391 e. The van der Waals surface area contributed by atoms with Gasteiger partial charge in [0.15, 0.2) is 5.13 Å². The van der Waals surface area contributed by atoms with E-state index in [1.807, 2.05) is 11.8 Å². The summed E-state index contributed by atoms with van der Waals surface area (Å²) in [5.74, 6) is 2.30. The number of ether oxygens (including phenoxy) is 1. The molecule has 0 saturated carbocycles. The van der Waals surface area contributed by atoms with Crippen molar-refractivity contribution in [2.24, 2.45) is 0 Å². The van der Waals surface area contributed by atoms with Crippen LogP contribution in [0.3, 0.4) is 0 Å². The first kappa shape index (κ1) is 13.1. The summed E-state index contributed by atoms with van der Waals surface area (Å²) in [5, 5.41) is 10.3. The monoisotopic (exact) mass is 274 g/mol. The Hall–Kier alpha value is -0.300. The van der Waals surface area contributed by atoms with Gasteiger partial charge in [-0.2, -0.15) is 11.8 Å². The molecule has 0 spiro atoms. The predicted molar refractivity (Wildman–Crippen MR) is 72.9 cm³/mol. The van der Waals surface area contributed by atoms with Gasteiger partial charge in [-0.05, 0) is 6.92 Å². The number of aromatic nitrogens is 1. The molecule has 0 radical (unpaired) electrons. The van der Waals surface area contributed by atoms with E-state index in [4.69, 9.17) is 4.74 Å². The molecule has 1 N–H and O–H groups in total. The maximum Gasteiger partial charge on any atom is 0.186 e. The maximum atomic E-state index is 9.31. The average molecular weight is 274 g/mol. The SMILES string of the molecule is COCc1nc(N2CCSCC2C)sc1CO. The molecule has 1 aliphatic rings. The van der Waals surface area contributed by atoms with Crippen molar-refractivity contribution in [1.82, 2.24) is 4.98 Å². The molecule has 1 fully saturated rings. The highest BCUT2D eigenvalue weighted by Crippen LogP contribution is 2.30. The molecule has 1 atom stereocenters. The standard InChI is InChI=1S/C11H18N2O2S2/c1-8-7-16-4-3-13(8)11-12-9(6-15-2)10(5-14)17-11/h8,14H,3-7H2,1-2H3. The van der Waals surface area contributed by atoms with E-state index in [0.717, 1.165) is 33.8 Å². The lowest BCUT2D eigenvalue weighted by Crippen LogP contribution is -2.40. The molecule has 1 saturated heterocycles. The Balaban J connectivity index is 2.19. The lowest BCUT2D eigenvalue weighted by Gasteiger charge is -2.32. The van der Waals surface area contributed by atoms with Crippen LogP contribution in [-0.2, 0) is 18.0 Å². The van der Waals surface area contributed by atoms with Crippen molar-refractivity contribution in [3.63, 3.8) is 0 Å². The number of anilines is 1. The van der Waals surface area contributed by atoms with Crippen molar-refractivity contribution in [2.75, 3.05) is 30.1 Å². The van der Waals surface area contributed by atoms with Gasteiger partial charge in [-0.25, -0.2) is 4.98 Å². The molecule has 1 aromatic heterocycles. The highest BCUT2D eigenvalue weighted by molar-refractivity contribution is 7.99. The van der Waals surface area contributed by atoms with E-state index in [-0.39, 0.29) is 6.61 Å². The highest BCUT2D eigenvalue weighted by Gasteiger charge is 2.23. The van der Waals surface area contributed by atoms with E-state index >= 15 is 0 Å². The Bertz CT molecular complexity index is 370. The minimum absolute atomic E-state index is 0.0489. The number of hydrogen-bond acceptors (Lipinski definition) is 6. The second-order valence-corrected chi connectivity index (χ2v) is 6.29. The van der Waals surface area contributed by atoms with Gasteiger partial charge in [0, 0.05) is 31.2 Å². The Morgan fingerprint density at radius 2 is 2.41 bits per heavy atom. The normalized spacial score (nSPS) is 20.9. The molecule has 17 heavy (non-hydrogen) atoms. The maximum absolute atomic E-state index is 9.31. The van der Waals surface area contributed by atoms with Gasteiger partial charge in [0.2, 0.25) is 0 Å². The third kappa shape index (κ3) is 2.93. The minimum atomic E-state index is 0.0489. The molecule has 2 rings (SSSR count). The molecule has 6 heteroatoms. The summed E-state index contributed by atoms with van der Waals surface area (Å²) in [5.41, 5.74) is 0.875.